The molecule has 1 aromatic rings. The number of rotatable bonds is 4. The molecule has 0 fully saturated rings. The minimum absolute atomic E-state index is 0.259. The maximum Gasteiger partial charge on any atom is 0.326 e. The van der Waals surface area contributed by atoms with Crippen molar-refractivity contribution in [3.63, 3.8) is 0 Å². The summed E-state index contributed by atoms with van der Waals surface area (Å²) in [7, 11) is 0. The molecule has 0 aromatic heterocycles. The smallest absolute Gasteiger partial charge is 0.326 e. The van der Waals surface area contributed by atoms with E-state index >= 15 is 0 Å². The highest BCUT2D eigenvalue weighted by Crippen LogP contribution is 2.28. The third kappa shape index (κ3) is 3.95. The van der Waals surface area contributed by atoms with Crippen molar-refractivity contribution < 1.29 is 14.6 Å². The van der Waals surface area contributed by atoms with Crippen LogP contribution < -0.4 is 5.73 Å². The van der Waals surface area contributed by atoms with Crippen molar-refractivity contribution in [3.8, 4) is 5.75 Å². The number of esters is 1. The molecule has 0 bridgehead atoms. The molecule has 3 N–H and O–H groups in total. The normalized spacial score (nSPS) is 14.1. The Kier molecular flexibility index (Phi) is 5.66. The van der Waals surface area contributed by atoms with Crippen LogP contribution in [0.25, 0.3) is 0 Å². The van der Waals surface area contributed by atoms with Crippen molar-refractivity contribution in [2.24, 2.45) is 5.73 Å². The Bertz CT molecular complexity index is 438. The van der Waals surface area contributed by atoms with Crippen molar-refractivity contribution in [1.82, 2.24) is 0 Å². The van der Waals surface area contributed by atoms with Crippen molar-refractivity contribution in [2.75, 3.05) is 6.61 Å². The first-order valence-corrected chi connectivity index (χ1v) is 7.56. The van der Waals surface area contributed by atoms with Crippen LogP contribution in [0.15, 0.2) is 12.1 Å². The largest absolute Gasteiger partial charge is 0.506 e. The third-order valence-corrected chi connectivity index (χ3v) is 4.03. The Morgan fingerprint density at radius 3 is 2.39 bits per heavy atom. The molecule has 0 spiro atoms. The van der Waals surface area contributed by atoms with Crippen LogP contribution in [-0.4, -0.2) is 23.2 Å². The van der Waals surface area contributed by atoms with Gasteiger partial charge in [-0.15, -0.1) is 0 Å². The number of phenolic OH excluding ortho intramolecular Hbond substituents is 1. The number of nitrogens with two attached hydrogens (primary N) is 1. The first kappa shape index (κ1) is 16.0. The summed E-state index contributed by atoms with van der Waals surface area (Å²) in [6.07, 6.45) is 0.373. The van der Waals surface area contributed by atoms with Gasteiger partial charge in [0.05, 0.1) is 13.7 Å². The molecule has 18 heavy (non-hydrogen) atoms. The fraction of sp³-hybridized carbons (Fsp3) is 0.417. The summed E-state index contributed by atoms with van der Waals surface area (Å²) < 4.78 is 6.44. The summed E-state index contributed by atoms with van der Waals surface area (Å²) >= 11 is 4.10. The topological polar surface area (TPSA) is 72.5 Å². The fourth-order valence-electron chi connectivity index (χ4n) is 1.51. The van der Waals surface area contributed by atoms with Crippen LogP contribution in [0, 0.1) is 7.14 Å². The number of benzene rings is 1. The Morgan fingerprint density at radius 1 is 1.44 bits per heavy atom. The average molecular weight is 475 g/mol. The van der Waals surface area contributed by atoms with Crippen LogP contribution in [0.3, 0.4) is 0 Å². The lowest BCUT2D eigenvalue weighted by Gasteiger charge is -2.22. The van der Waals surface area contributed by atoms with Gasteiger partial charge in [0, 0.05) is 6.42 Å². The van der Waals surface area contributed by atoms with Gasteiger partial charge in [0.15, 0.2) is 0 Å². The minimum atomic E-state index is -1.06. The van der Waals surface area contributed by atoms with E-state index in [0.717, 1.165) is 12.7 Å². The van der Waals surface area contributed by atoms with Crippen LogP contribution in [0.5, 0.6) is 5.75 Å². The second kappa shape index (κ2) is 6.38. The lowest BCUT2D eigenvalue weighted by Crippen LogP contribution is -2.48. The van der Waals surface area contributed by atoms with Crippen LogP contribution >= 0.6 is 45.2 Å². The number of carbonyl (C=O) groups is 1. The Morgan fingerprint density at radius 2 is 1.94 bits per heavy atom. The van der Waals surface area contributed by atoms with Crippen molar-refractivity contribution >= 4 is 51.2 Å². The van der Waals surface area contributed by atoms with Crippen LogP contribution in [0.2, 0.25) is 0 Å². The first-order chi connectivity index (χ1) is 8.27. The Balaban J connectivity index is 2.94. The maximum atomic E-state index is 11.7. The number of hydrogen-bond acceptors (Lipinski definition) is 4. The number of phenols is 1. The van der Waals surface area contributed by atoms with Gasteiger partial charge >= 0.3 is 5.97 Å². The zero-order valence-corrected chi connectivity index (χ0v) is 14.5. The van der Waals surface area contributed by atoms with Gasteiger partial charge < -0.3 is 15.6 Å². The zero-order chi connectivity index (χ0) is 13.9. The average Bonchev–Trinajstić information content (AvgIpc) is 2.25. The minimum Gasteiger partial charge on any atom is -0.506 e. The molecule has 0 saturated carbocycles. The second-order valence-electron chi connectivity index (χ2n) is 4.22. The van der Waals surface area contributed by atoms with Gasteiger partial charge in [0.1, 0.15) is 11.3 Å². The molecular formula is C12H15I2NO3. The van der Waals surface area contributed by atoms with Gasteiger partial charge in [-0.3, -0.25) is 4.79 Å². The molecule has 4 nitrogen and oxygen atoms in total. The van der Waals surface area contributed by atoms with Gasteiger partial charge in [-0.1, -0.05) is 0 Å². The molecule has 1 aromatic carbocycles. The summed E-state index contributed by atoms with van der Waals surface area (Å²) in [4.78, 5) is 11.7. The maximum absolute atomic E-state index is 11.7. The number of hydrogen-bond donors (Lipinski definition) is 2. The van der Waals surface area contributed by atoms with E-state index in [2.05, 4.69) is 0 Å². The lowest BCUT2D eigenvalue weighted by molar-refractivity contribution is -0.148. The van der Waals surface area contributed by atoms with E-state index < -0.39 is 11.5 Å². The number of carbonyl (C=O) groups excluding carboxylic acids is 1. The Hall–Kier alpha value is -0.0900. The van der Waals surface area contributed by atoms with Crippen molar-refractivity contribution in [3.05, 3.63) is 24.8 Å². The van der Waals surface area contributed by atoms with E-state index in [9.17, 15) is 9.90 Å². The van der Waals surface area contributed by atoms with Crippen LogP contribution in [0.1, 0.15) is 19.4 Å². The van der Waals surface area contributed by atoms with E-state index in [0.29, 0.717) is 13.0 Å². The standard InChI is InChI=1S/C12H15I2NO3/c1-3-18-11(17)12(2,15)6-7-4-8(13)10(16)9(14)5-7/h4-5,16H,3,6,15H2,1-2H3/t12-/m0/s1. The predicted octanol–water partition coefficient (Wildman–Crippen LogP) is 2.42. The SMILES string of the molecule is CCOC(=O)[C@@](C)(N)Cc1cc(I)c(O)c(I)c1. The van der Waals surface area contributed by atoms with Crippen LogP contribution in [-0.2, 0) is 16.0 Å². The molecule has 0 aliphatic carbocycles. The van der Waals surface area contributed by atoms with Crippen molar-refractivity contribution in [1.29, 1.82) is 0 Å². The van der Waals surface area contributed by atoms with Gasteiger partial charge in [-0.2, -0.15) is 0 Å². The van der Waals surface area contributed by atoms with Gasteiger partial charge in [-0.25, -0.2) is 0 Å². The molecule has 1 atom stereocenters. The van der Waals surface area contributed by atoms with E-state index in [1.165, 1.54) is 0 Å². The van der Waals surface area contributed by atoms with Gasteiger partial charge in [0.25, 0.3) is 0 Å². The molecular weight excluding hydrogens is 460 g/mol. The van der Waals surface area contributed by atoms with E-state index in [4.69, 9.17) is 10.5 Å². The molecule has 0 saturated heterocycles. The lowest BCUT2D eigenvalue weighted by atomic mass is 9.94. The van der Waals surface area contributed by atoms with E-state index in [1.54, 1.807) is 13.8 Å². The van der Waals surface area contributed by atoms with Gasteiger partial charge in [-0.05, 0) is 76.7 Å². The summed E-state index contributed by atoms with van der Waals surface area (Å²) in [6, 6.07) is 3.64. The summed E-state index contributed by atoms with van der Waals surface area (Å²) in [5.74, 6) is -0.155. The highest BCUT2D eigenvalue weighted by atomic mass is 127. The molecule has 0 amide bonds. The molecule has 0 aliphatic heterocycles. The van der Waals surface area contributed by atoms with Crippen molar-refractivity contribution in [2.45, 2.75) is 25.8 Å². The number of halogens is 2. The fourth-order valence-corrected chi connectivity index (χ4v) is 3.41. The van der Waals surface area contributed by atoms with Crippen LogP contribution in [0.4, 0.5) is 0 Å². The summed E-state index contributed by atoms with van der Waals surface area (Å²) in [5, 5.41) is 9.68. The molecule has 0 radical (unpaired) electrons. The number of ether oxygens (including phenoxy) is 1. The van der Waals surface area contributed by atoms with Gasteiger partial charge in [0.2, 0.25) is 0 Å². The second-order valence-corrected chi connectivity index (χ2v) is 6.55. The highest BCUT2D eigenvalue weighted by Gasteiger charge is 2.30. The molecule has 100 valence electrons. The summed E-state index contributed by atoms with van der Waals surface area (Å²) in [5.41, 5.74) is 5.82. The first-order valence-electron chi connectivity index (χ1n) is 5.41. The quantitative estimate of drug-likeness (QED) is 0.519. The highest BCUT2D eigenvalue weighted by molar-refractivity contribution is 14.1. The monoisotopic (exact) mass is 475 g/mol. The zero-order valence-electron chi connectivity index (χ0n) is 10.2. The molecule has 0 heterocycles. The molecule has 0 aliphatic rings. The Labute approximate surface area is 134 Å². The number of aromatic hydroxyl groups is 1. The summed E-state index contributed by atoms with van der Waals surface area (Å²) in [6.45, 7) is 3.72. The molecule has 6 heteroatoms. The van der Waals surface area contributed by atoms with E-state index in [1.807, 2.05) is 57.3 Å². The third-order valence-electron chi connectivity index (χ3n) is 2.39. The molecule has 1 rings (SSSR count). The van der Waals surface area contributed by atoms with E-state index in [-0.39, 0.29) is 5.75 Å². The molecule has 0 unspecified atom stereocenters. The predicted molar refractivity (Wildman–Crippen MR) is 86.5 cm³/mol.